The zero-order valence-corrected chi connectivity index (χ0v) is 19.0. The predicted molar refractivity (Wildman–Crippen MR) is 125 cm³/mol. The third kappa shape index (κ3) is 5.03. The molecule has 1 fully saturated rings. The van der Waals surface area contributed by atoms with Crippen molar-refractivity contribution in [2.24, 2.45) is 5.92 Å². The number of benzene rings is 1. The van der Waals surface area contributed by atoms with Crippen LogP contribution >= 0.6 is 11.6 Å². The summed E-state index contributed by atoms with van der Waals surface area (Å²) in [6, 6.07) is 6.13. The van der Waals surface area contributed by atoms with E-state index in [0.29, 0.717) is 11.9 Å². The molecule has 4 rings (SSSR count). The molecule has 1 amide bonds. The number of aromatic nitrogens is 3. The fraction of sp³-hybridized carbons (Fsp3) is 0.435. The average molecular weight is 457 g/mol. The second-order valence-corrected chi connectivity index (χ2v) is 8.72. The summed E-state index contributed by atoms with van der Waals surface area (Å²) in [4.78, 5) is 22.1. The molecule has 0 saturated carbocycles. The Kier molecular flexibility index (Phi) is 7.24. The van der Waals surface area contributed by atoms with Crippen LogP contribution in [0.25, 0.3) is 10.9 Å². The molecule has 3 heterocycles. The Morgan fingerprint density at radius 2 is 2.00 bits per heavy atom. The minimum Gasteiger partial charge on any atom is -0.347 e. The van der Waals surface area contributed by atoms with Gasteiger partial charge in [0.2, 0.25) is 5.95 Å². The summed E-state index contributed by atoms with van der Waals surface area (Å²) >= 11 is 6.25. The number of carbonyl (C=O) groups is 1. The highest BCUT2D eigenvalue weighted by atomic mass is 35.5. The van der Waals surface area contributed by atoms with Gasteiger partial charge in [-0.1, -0.05) is 18.5 Å². The van der Waals surface area contributed by atoms with Gasteiger partial charge in [-0.2, -0.15) is 0 Å². The number of halogens is 1. The lowest BCUT2D eigenvalue weighted by Crippen LogP contribution is -2.38. The first kappa shape index (κ1) is 22.5. The molecule has 0 bridgehead atoms. The number of hydrogen-bond acceptors (Lipinski definition) is 6. The second kappa shape index (κ2) is 10.3. The van der Waals surface area contributed by atoms with Crippen LogP contribution in [0.5, 0.6) is 0 Å². The zero-order valence-electron chi connectivity index (χ0n) is 18.2. The van der Waals surface area contributed by atoms with Crippen LogP contribution in [0, 0.1) is 5.92 Å². The number of hydroxylamine groups is 1. The molecule has 1 aromatic carbocycles. The monoisotopic (exact) mass is 456 g/mol. The normalized spacial score (nSPS) is 14.8. The van der Waals surface area contributed by atoms with Gasteiger partial charge in [-0.15, -0.1) is 0 Å². The summed E-state index contributed by atoms with van der Waals surface area (Å²) in [6.07, 6.45) is 8.32. The van der Waals surface area contributed by atoms with Gasteiger partial charge in [0, 0.05) is 60.7 Å². The van der Waals surface area contributed by atoms with E-state index in [1.807, 2.05) is 6.07 Å². The number of hydrogen-bond donors (Lipinski definition) is 3. The van der Waals surface area contributed by atoms with Crippen molar-refractivity contribution in [2.45, 2.75) is 39.3 Å². The molecule has 0 spiro atoms. The van der Waals surface area contributed by atoms with Crippen LogP contribution in [-0.4, -0.2) is 45.3 Å². The van der Waals surface area contributed by atoms with Crippen molar-refractivity contribution in [3.8, 4) is 0 Å². The maximum Gasteiger partial charge on any atom is 0.277 e. The number of rotatable bonds is 8. The van der Waals surface area contributed by atoms with E-state index >= 15 is 0 Å². The quantitative estimate of drug-likeness (QED) is 0.354. The van der Waals surface area contributed by atoms with Crippen LogP contribution in [0.3, 0.4) is 0 Å². The first-order chi connectivity index (χ1) is 15.6. The third-order valence-corrected chi connectivity index (χ3v) is 6.27. The number of anilines is 1. The summed E-state index contributed by atoms with van der Waals surface area (Å²) in [5, 5.41) is 14.3. The fourth-order valence-electron chi connectivity index (χ4n) is 4.32. The van der Waals surface area contributed by atoms with Gasteiger partial charge in [-0.05, 0) is 55.5 Å². The number of fused-ring (bicyclic) bond motifs is 1. The second-order valence-electron chi connectivity index (χ2n) is 8.28. The van der Waals surface area contributed by atoms with Crippen LogP contribution in [0.15, 0.2) is 36.8 Å². The van der Waals surface area contributed by atoms with E-state index in [9.17, 15) is 4.79 Å². The van der Waals surface area contributed by atoms with Crippen LogP contribution in [0.4, 0.5) is 5.95 Å². The maximum absolute atomic E-state index is 11.4. The van der Waals surface area contributed by atoms with Gasteiger partial charge in [0.15, 0.2) is 0 Å². The number of amides is 1. The summed E-state index contributed by atoms with van der Waals surface area (Å²) in [7, 11) is 0. The maximum atomic E-state index is 11.4. The van der Waals surface area contributed by atoms with Gasteiger partial charge in [0.1, 0.15) is 0 Å². The number of nitrogens with one attached hydrogen (secondary N) is 2. The Labute approximate surface area is 192 Å². The standard InChI is InChI=1S/C23H29ClN6O2/c1-2-7-30-15-18(20-10-19(24)3-4-21(20)30)12-25-11-16-5-8-29(9-6-16)23-26-13-17(14-27-23)22(31)28-32/h3-4,10,13-16,25,32H,2,5-9,11-12H2,1H3,(H,28,31). The van der Waals surface area contributed by atoms with Crippen molar-refractivity contribution in [1.29, 1.82) is 0 Å². The lowest BCUT2D eigenvalue weighted by Gasteiger charge is -2.32. The Hall–Kier alpha value is -2.68. The smallest absolute Gasteiger partial charge is 0.277 e. The van der Waals surface area contributed by atoms with Crippen molar-refractivity contribution in [1.82, 2.24) is 25.3 Å². The molecule has 170 valence electrons. The van der Waals surface area contributed by atoms with E-state index < -0.39 is 5.91 Å². The Bertz CT molecular complexity index is 1060. The summed E-state index contributed by atoms with van der Waals surface area (Å²) in [6.45, 7) is 6.74. The van der Waals surface area contributed by atoms with Crippen LogP contribution in [-0.2, 0) is 13.1 Å². The molecule has 9 heteroatoms. The molecule has 32 heavy (non-hydrogen) atoms. The van der Waals surface area contributed by atoms with Gasteiger partial charge >= 0.3 is 0 Å². The number of carbonyl (C=O) groups excluding carboxylic acids is 1. The number of piperidine rings is 1. The molecule has 1 aliphatic heterocycles. The van der Waals surface area contributed by atoms with Gasteiger partial charge in [-0.25, -0.2) is 15.4 Å². The van der Waals surface area contributed by atoms with E-state index in [1.165, 1.54) is 28.9 Å². The number of nitrogens with zero attached hydrogens (tertiary/aromatic N) is 4. The topological polar surface area (TPSA) is 95.3 Å². The van der Waals surface area contributed by atoms with Gasteiger partial charge < -0.3 is 14.8 Å². The van der Waals surface area contributed by atoms with Crippen LogP contribution in [0.1, 0.15) is 42.1 Å². The summed E-state index contributed by atoms with van der Waals surface area (Å²) in [5.74, 6) is 0.603. The first-order valence-corrected chi connectivity index (χ1v) is 11.5. The molecule has 2 aromatic heterocycles. The Balaban J connectivity index is 1.29. The lowest BCUT2D eigenvalue weighted by atomic mass is 9.97. The molecule has 3 N–H and O–H groups in total. The van der Waals surface area contributed by atoms with Gasteiger partial charge in [0.25, 0.3) is 5.91 Å². The highest BCUT2D eigenvalue weighted by Gasteiger charge is 2.21. The third-order valence-electron chi connectivity index (χ3n) is 6.04. The predicted octanol–water partition coefficient (Wildman–Crippen LogP) is 3.62. The highest BCUT2D eigenvalue weighted by Crippen LogP contribution is 2.26. The minimum atomic E-state index is -0.610. The molecule has 8 nitrogen and oxygen atoms in total. The molecular weight excluding hydrogens is 428 g/mol. The van der Waals surface area contributed by atoms with Crippen LogP contribution < -0.4 is 15.7 Å². The summed E-state index contributed by atoms with van der Waals surface area (Å²) < 4.78 is 2.32. The molecule has 0 aliphatic carbocycles. The van der Waals surface area contributed by atoms with E-state index in [-0.39, 0.29) is 5.56 Å². The van der Waals surface area contributed by atoms with E-state index in [4.69, 9.17) is 16.8 Å². The number of aryl methyl sites for hydroxylation is 1. The van der Waals surface area contributed by atoms with Crippen molar-refractivity contribution >= 4 is 34.4 Å². The molecule has 1 saturated heterocycles. The Morgan fingerprint density at radius 1 is 1.25 bits per heavy atom. The van der Waals surface area contributed by atoms with Gasteiger partial charge in [-0.3, -0.25) is 10.0 Å². The Morgan fingerprint density at radius 3 is 2.69 bits per heavy atom. The van der Waals surface area contributed by atoms with Crippen molar-refractivity contribution in [3.05, 3.63) is 52.9 Å². The largest absolute Gasteiger partial charge is 0.347 e. The lowest BCUT2D eigenvalue weighted by molar-refractivity contribution is 0.0705. The van der Waals surface area contributed by atoms with Crippen LogP contribution in [0.2, 0.25) is 5.02 Å². The van der Waals surface area contributed by atoms with Crippen molar-refractivity contribution in [2.75, 3.05) is 24.5 Å². The minimum absolute atomic E-state index is 0.233. The highest BCUT2D eigenvalue weighted by molar-refractivity contribution is 6.31. The van der Waals surface area contributed by atoms with E-state index in [0.717, 1.165) is 57.0 Å². The fourth-order valence-corrected chi connectivity index (χ4v) is 4.50. The molecule has 0 radical (unpaired) electrons. The molecule has 3 aromatic rings. The average Bonchev–Trinajstić information content (AvgIpc) is 3.16. The van der Waals surface area contributed by atoms with E-state index in [2.05, 4.69) is 50.0 Å². The summed E-state index contributed by atoms with van der Waals surface area (Å²) in [5.41, 5.74) is 4.35. The van der Waals surface area contributed by atoms with Crippen molar-refractivity contribution in [3.63, 3.8) is 0 Å². The molecule has 1 aliphatic rings. The molecular formula is C23H29ClN6O2. The molecule has 0 atom stereocenters. The first-order valence-electron chi connectivity index (χ1n) is 11.1. The van der Waals surface area contributed by atoms with Gasteiger partial charge in [0.05, 0.1) is 5.56 Å². The SMILES string of the molecule is CCCn1cc(CNCC2CCN(c3ncc(C(=O)NO)cn3)CC2)c2cc(Cl)ccc21. The van der Waals surface area contributed by atoms with E-state index in [1.54, 1.807) is 5.48 Å². The van der Waals surface area contributed by atoms with Crippen molar-refractivity contribution < 1.29 is 10.0 Å². The zero-order chi connectivity index (χ0) is 22.5. The molecule has 0 unspecified atom stereocenters.